The van der Waals surface area contributed by atoms with Crippen molar-refractivity contribution in [1.29, 1.82) is 0 Å². The second kappa shape index (κ2) is 7.58. The van der Waals surface area contributed by atoms with Gasteiger partial charge in [0.2, 0.25) is 5.91 Å². The normalized spacial score (nSPS) is 15.7. The Morgan fingerprint density at radius 1 is 1.32 bits per heavy atom. The molecule has 7 heteroatoms. The van der Waals surface area contributed by atoms with Crippen LogP contribution >= 0.6 is 11.8 Å². The summed E-state index contributed by atoms with van der Waals surface area (Å²) in [7, 11) is 1.35. The summed E-state index contributed by atoms with van der Waals surface area (Å²) in [6.45, 7) is 0.982. The van der Waals surface area contributed by atoms with Crippen LogP contribution in [-0.2, 0) is 14.3 Å². The molecule has 0 saturated carbocycles. The van der Waals surface area contributed by atoms with Gasteiger partial charge in [0.1, 0.15) is 11.6 Å². The van der Waals surface area contributed by atoms with Crippen LogP contribution in [0.3, 0.4) is 0 Å². The molecule has 1 fully saturated rings. The molecule has 0 aliphatic carbocycles. The summed E-state index contributed by atoms with van der Waals surface area (Å²) >= 11 is 1.04. The second-order valence-electron chi connectivity index (χ2n) is 5.04. The van der Waals surface area contributed by atoms with Crippen LogP contribution < -0.4 is 0 Å². The van der Waals surface area contributed by atoms with E-state index >= 15 is 0 Å². The molecule has 0 atom stereocenters. The number of carbonyl (C=O) groups is 2. The van der Waals surface area contributed by atoms with Crippen molar-refractivity contribution in [2.24, 2.45) is 5.92 Å². The number of halogens is 2. The minimum absolute atomic E-state index is 0.0887. The Morgan fingerprint density at radius 3 is 2.59 bits per heavy atom. The largest absolute Gasteiger partial charge is 0.469 e. The lowest BCUT2D eigenvalue weighted by molar-refractivity contribution is -0.148. The van der Waals surface area contributed by atoms with Crippen molar-refractivity contribution in [3.8, 4) is 0 Å². The van der Waals surface area contributed by atoms with E-state index in [-0.39, 0.29) is 28.4 Å². The zero-order chi connectivity index (χ0) is 16.1. The first-order valence-electron chi connectivity index (χ1n) is 6.94. The first-order chi connectivity index (χ1) is 10.5. The molecule has 1 heterocycles. The molecule has 1 aromatic carbocycles. The van der Waals surface area contributed by atoms with Crippen molar-refractivity contribution in [2.45, 2.75) is 17.7 Å². The van der Waals surface area contributed by atoms with Crippen LogP contribution in [0.2, 0.25) is 0 Å². The smallest absolute Gasteiger partial charge is 0.308 e. The summed E-state index contributed by atoms with van der Waals surface area (Å²) < 4.78 is 31.0. The van der Waals surface area contributed by atoms with Crippen LogP contribution in [0.25, 0.3) is 0 Å². The average molecular weight is 329 g/mol. The van der Waals surface area contributed by atoms with E-state index < -0.39 is 11.6 Å². The van der Waals surface area contributed by atoms with Gasteiger partial charge in [-0.05, 0) is 25.0 Å². The minimum atomic E-state index is -0.665. The molecule has 0 unspecified atom stereocenters. The predicted octanol–water partition coefficient (Wildman–Crippen LogP) is 2.47. The minimum Gasteiger partial charge on any atom is -0.469 e. The van der Waals surface area contributed by atoms with Crippen molar-refractivity contribution in [3.63, 3.8) is 0 Å². The molecule has 1 aliphatic heterocycles. The van der Waals surface area contributed by atoms with E-state index in [1.165, 1.54) is 13.2 Å². The number of carbonyl (C=O) groups excluding carboxylic acids is 2. The molecule has 1 aromatic rings. The average Bonchev–Trinajstić information content (AvgIpc) is 2.53. The van der Waals surface area contributed by atoms with Crippen molar-refractivity contribution in [1.82, 2.24) is 4.90 Å². The van der Waals surface area contributed by atoms with E-state index in [2.05, 4.69) is 0 Å². The first kappa shape index (κ1) is 16.7. The van der Waals surface area contributed by atoms with Gasteiger partial charge in [-0.3, -0.25) is 9.59 Å². The van der Waals surface area contributed by atoms with Crippen molar-refractivity contribution in [2.75, 3.05) is 26.0 Å². The van der Waals surface area contributed by atoms with Crippen LogP contribution in [0.5, 0.6) is 0 Å². The number of thioether (sulfide) groups is 1. The Balaban J connectivity index is 1.82. The lowest BCUT2D eigenvalue weighted by atomic mass is 9.97. The maximum absolute atomic E-state index is 13.5. The van der Waals surface area contributed by atoms with E-state index in [1.54, 1.807) is 4.90 Å². The van der Waals surface area contributed by atoms with Crippen molar-refractivity contribution in [3.05, 3.63) is 29.8 Å². The molecule has 0 bridgehead atoms. The quantitative estimate of drug-likeness (QED) is 0.629. The van der Waals surface area contributed by atoms with Gasteiger partial charge in [0.25, 0.3) is 0 Å². The van der Waals surface area contributed by atoms with Crippen molar-refractivity contribution >= 4 is 23.6 Å². The highest BCUT2D eigenvalue weighted by Gasteiger charge is 2.27. The lowest BCUT2D eigenvalue weighted by Crippen LogP contribution is -2.41. The topological polar surface area (TPSA) is 46.6 Å². The van der Waals surface area contributed by atoms with E-state index in [4.69, 9.17) is 4.74 Å². The van der Waals surface area contributed by atoms with Gasteiger partial charge in [0, 0.05) is 24.1 Å². The Kier molecular flexibility index (Phi) is 5.76. The van der Waals surface area contributed by atoms with E-state index in [9.17, 15) is 18.4 Å². The van der Waals surface area contributed by atoms with E-state index in [0.717, 1.165) is 23.9 Å². The Labute approximate surface area is 131 Å². The molecule has 2 rings (SSSR count). The number of likely N-dealkylation sites (tertiary alicyclic amines) is 1. The summed E-state index contributed by atoms with van der Waals surface area (Å²) in [5.41, 5.74) is 0. The first-order valence-corrected chi connectivity index (χ1v) is 7.93. The number of methoxy groups -OCH3 is 1. The predicted molar refractivity (Wildman–Crippen MR) is 78.4 cm³/mol. The lowest BCUT2D eigenvalue weighted by Gasteiger charge is -2.30. The van der Waals surface area contributed by atoms with Crippen LogP contribution in [-0.4, -0.2) is 42.7 Å². The highest BCUT2D eigenvalue weighted by molar-refractivity contribution is 8.00. The number of amides is 1. The maximum atomic E-state index is 13.5. The third-order valence-corrected chi connectivity index (χ3v) is 4.66. The molecule has 0 N–H and O–H groups in total. The summed E-state index contributed by atoms with van der Waals surface area (Å²) in [5, 5.41) is 0. The van der Waals surface area contributed by atoms with Gasteiger partial charge < -0.3 is 9.64 Å². The molecule has 0 radical (unpaired) electrons. The highest BCUT2D eigenvalue weighted by Crippen LogP contribution is 2.24. The molecule has 4 nitrogen and oxygen atoms in total. The van der Waals surface area contributed by atoms with Gasteiger partial charge in [0.15, 0.2) is 0 Å². The standard InChI is InChI=1S/C15H17F2NO3S/c1-21-15(20)10-4-6-18(7-5-10)14(19)9-22-13-3-2-11(16)8-12(13)17/h2-3,8,10H,4-7,9H2,1H3. The summed E-state index contributed by atoms with van der Waals surface area (Å²) in [5.74, 6) is -1.73. The van der Waals surface area contributed by atoms with Gasteiger partial charge in [0.05, 0.1) is 18.8 Å². The molecule has 1 amide bonds. The molecular formula is C15H17F2NO3S. The third kappa shape index (κ3) is 4.19. The molecule has 0 spiro atoms. The fourth-order valence-corrected chi connectivity index (χ4v) is 3.18. The zero-order valence-electron chi connectivity index (χ0n) is 12.2. The van der Waals surface area contributed by atoms with Crippen LogP contribution in [0.4, 0.5) is 8.78 Å². The number of ether oxygens (including phenoxy) is 1. The molecule has 120 valence electrons. The van der Waals surface area contributed by atoms with Crippen LogP contribution in [0.15, 0.2) is 23.1 Å². The number of hydrogen-bond acceptors (Lipinski definition) is 4. The molecular weight excluding hydrogens is 312 g/mol. The SMILES string of the molecule is COC(=O)C1CCN(C(=O)CSc2ccc(F)cc2F)CC1. The van der Waals surface area contributed by atoms with E-state index in [0.29, 0.717) is 25.9 Å². The molecule has 1 saturated heterocycles. The number of esters is 1. The zero-order valence-corrected chi connectivity index (χ0v) is 13.0. The molecule has 1 aliphatic rings. The Bertz CT molecular complexity index is 560. The fraction of sp³-hybridized carbons (Fsp3) is 0.467. The monoisotopic (exact) mass is 329 g/mol. The summed E-state index contributed by atoms with van der Waals surface area (Å²) in [6.07, 6.45) is 1.15. The molecule has 22 heavy (non-hydrogen) atoms. The third-order valence-electron chi connectivity index (χ3n) is 3.63. The van der Waals surface area contributed by atoms with Gasteiger partial charge in [-0.25, -0.2) is 8.78 Å². The van der Waals surface area contributed by atoms with Crippen molar-refractivity contribution < 1.29 is 23.1 Å². The number of hydrogen-bond donors (Lipinski definition) is 0. The second-order valence-corrected chi connectivity index (χ2v) is 6.06. The maximum Gasteiger partial charge on any atom is 0.308 e. The number of nitrogens with zero attached hydrogens (tertiary/aromatic N) is 1. The van der Waals surface area contributed by atoms with Gasteiger partial charge in [-0.2, -0.15) is 0 Å². The van der Waals surface area contributed by atoms with Crippen LogP contribution in [0.1, 0.15) is 12.8 Å². The van der Waals surface area contributed by atoms with Gasteiger partial charge >= 0.3 is 5.97 Å². The fourth-order valence-electron chi connectivity index (χ4n) is 2.35. The highest BCUT2D eigenvalue weighted by atomic mass is 32.2. The summed E-state index contributed by atoms with van der Waals surface area (Å²) in [4.78, 5) is 25.4. The number of benzene rings is 1. The molecule has 0 aromatic heterocycles. The summed E-state index contributed by atoms with van der Waals surface area (Å²) in [6, 6.07) is 3.29. The van der Waals surface area contributed by atoms with Crippen LogP contribution in [0, 0.1) is 17.6 Å². The van der Waals surface area contributed by atoms with E-state index in [1.807, 2.05) is 0 Å². The number of rotatable bonds is 4. The Morgan fingerprint density at radius 2 is 2.00 bits per heavy atom. The Hall–Kier alpha value is -1.63. The number of piperidine rings is 1. The van der Waals surface area contributed by atoms with Gasteiger partial charge in [-0.15, -0.1) is 11.8 Å². The van der Waals surface area contributed by atoms with Gasteiger partial charge in [-0.1, -0.05) is 0 Å².